The lowest BCUT2D eigenvalue weighted by Crippen LogP contribution is -2.34. The van der Waals surface area contributed by atoms with Gasteiger partial charge in [-0.25, -0.2) is 0 Å². The van der Waals surface area contributed by atoms with Crippen LogP contribution in [0.5, 0.6) is 0 Å². The molecule has 0 bridgehead atoms. The topological polar surface area (TPSA) is 43.8 Å². The van der Waals surface area contributed by atoms with Crippen LogP contribution in [-0.2, 0) is 6.42 Å². The highest BCUT2D eigenvalue weighted by molar-refractivity contribution is 5.09. The van der Waals surface area contributed by atoms with Gasteiger partial charge < -0.3 is 5.73 Å². The summed E-state index contributed by atoms with van der Waals surface area (Å²) < 4.78 is 2.07. The first-order valence-electron chi connectivity index (χ1n) is 4.86. The highest BCUT2D eigenvalue weighted by atomic mass is 15.3. The number of nitrogens with two attached hydrogens (primary N) is 1. The summed E-state index contributed by atoms with van der Waals surface area (Å²) in [5.41, 5.74) is 7.05. The fourth-order valence-corrected chi connectivity index (χ4v) is 1.53. The third-order valence-electron chi connectivity index (χ3n) is 2.24. The summed E-state index contributed by atoms with van der Waals surface area (Å²) in [6, 6.07) is 0.676. The summed E-state index contributed by atoms with van der Waals surface area (Å²) in [6.45, 7) is 4.09. The minimum absolute atomic E-state index is 0.128. The number of rotatable bonds is 3. The lowest BCUT2D eigenvalue weighted by atomic mass is 9.99. The maximum Gasteiger partial charge on any atom is 0.0522 e. The second-order valence-corrected chi connectivity index (χ2v) is 4.73. The van der Waals surface area contributed by atoms with E-state index in [2.05, 4.69) is 16.0 Å². The molecule has 1 aromatic heterocycles. The minimum atomic E-state index is -0.128. The van der Waals surface area contributed by atoms with Crippen molar-refractivity contribution in [1.29, 1.82) is 0 Å². The van der Waals surface area contributed by atoms with E-state index in [1.165, 1.54) is 18.4 Å². The summed E-state index contributed by atoms with van der Waals surface area (Å²) in [7, 11) is 0. The van der Waals surface area contributed by atoms with E-state index >= 15 is 0 Å². The molecule has 0 aromatic carbocycles. The number of nitrogens with zero attached hydrogens (tertiary/aromatic N) is 2. The van der Waals surface area contributed by atoms with Gasteiger partial charge in [0.2, 0.25) is 0 Å². The van der Waals surface area contributed by atoms with Crippen LogP contribution < -0.4 is 5.73 Å². The average Bonchev–Trinajstić information content (AvgIpc) is 2.72. The standard InChI is InChI=1S/C10H17N3/c1-10(2,11)5-8-6-12-13(7-8)9-3-4-9/h6-7,9H,3-5,11H2,1-2H3. The van der Waals surface area contributed by atoms with E-state index in [4.69, 9.17) is 5.73 Å². The van der Waals surface area contributed by atoms with Crippen molar-refractivity contribution in [3.8, 4) is 0 Å². The molecule has 0 amide bonds. The number of hydrogen-bond acceptors (Lipinski definition) is 2. The van der Waals surface area contributed by atoms with Crippen LogP contribution in [0.25, 0.3) is 0 Å². The van der Waals surface area contributed by atoms with Crippen LogP contribution in [-0.4, -0.2) is 15.3 Å². The molecule has 0 radical (unpaired) electrons. The zero-order valence-corrected chi connectivity index (χ0v) is 8.33. The molecule has 1 saturated carbocycles. The summed E-state index contributed by atoms with van der Waals surface area (Å²) in [4.78, 5) is 0. The van der Waals surface area contributed by atoms with Crippen LogP contribution >= 0.6 is 0 Å². The Hall–Kier alpha value is -0.830. The van der Waals surface area contributed by atoms with Gasteiger partial charge >= 0.3 is 0 Å². The molecule has 72 valence electrons. The SMILES string of the molecule is CC(C)(N)Cc1cnn(C2CC2)c1. The molecule has 3 heteroatoms. The lowest BCUT2D eigenvalue weighted by molar-refractivity contribution is 0.516. The molecule has 3 nitrogen and oxygen atoms in total. The highest BCUT2D eigenvalue weighted by Crippen LogP contribution is 2.34. The molecule has 2 rings (SSSR count). The summed E-state index contributed by atoms with van der Waals surface area (Å²) in [5.74, 6) is 0. The van der Waals surface area contributed by atoms with Gasteiger partial charge in [0.25, 0.3) is 0 Å². The largest absolute Gasteiger partial charge is 0.325 e. The summed E-state index contributed by atoms with van der Waals surface area (Å²) >= 11 is 0. The van der Waals surface area contributed by atoms with Crippen molar-refractivity contribution in [1.82, 2.24) is 9.78 Å². The first-order valence-corrected chi connectivity index (χ1v) is 4.86. The first-order chi connectivity index (χ1) is 6.04. The van der Waals surface area contributed by atoms with Crippen LogP contribution in [0.2, 0.25) is 0 Å². The van der Waals surface area contributed by atoms with Gasteiger partial charge in [-0.15, -0.1) is 0 Å². The molecule has 0 unspecified atom stereocenters. The van der Waals surface area contributed by atoms with Crippen molar-refractivity contribution in [2.45, 2.75) is 44.7 Å². The van der Waals surface area contributed by atoms with E-state index in [9.17, 15) is 0 Å². The molecule has 0 spiro atoms. The van der Waals surface area contributed by atoms with Crippen LogP contribution in [0, 0.1) is 0 Å². The van der Waals surface area contributed by atoms with Crippen molar-refractivity contribution >= 4 is 0 Å². The average molecular weight is 179 g/mol. The first kappa shape index (κ1) is 8.75. The fourth-order valence-electron chi connectivity index (χ4n) is 1.53. The summed E-state index contributed by atoms with van der Waals surface area (Å²) in [6.07, 6.45) is 7.54. The van der Waals surface area contributed by atoms with E-state index in [1.807, 2.05) is 20.0 Å². The molecule has 0 saturated heterocycles. The molecule has 2 N–H and O–H groups in total. The zero-order valence-electron chi connectivity index (χ0n) is 8.33. The third-order valence-corrected chi connectivity index (χ3v) is 2.24. The Bertz CT molecular complexity index is 291. The van der Waals surface area contributed by atoms with E-state index in [1.54, 1.807) is 0 Å². The van der Waals surface area contributed by atoms with E-state index in [0.717, 1.165) is 6.42 Å². The molecule has 1 fully saturated rings. The quantitative estimate of drug-likeness (QED) is 0.764. The van der Waals surface area contributed by atoms with Crippen molar-refractivity contribution in [2.24, 2.45) is 5.73 Å². The molecule has 1 aliphatic rings. The van der Waals surface area contributed by atoms with Gasteiger partial charge in [-0.1, -0.05) is 0 Å². The monoisotopic (exact) mass is 179 g/mol. The normalized spacial score (nSPS) is 17.8. The molecular weight excluding hydrogens is 162 g/mol. The van der Waals surface area contributed by atoms with Gasteiger partial charge in [-0.05, 0) is 38.7 Å². The number of hydrogen-bond donors (Lipinski definition) is 1. The predicted octanol–water partition coefficient (Wildman–Crippen LogP) is 1.50. The van der Waals surface area contributed by atoms with Crippen LogP contribution in [0.15, 0.2) is 12.4 Å². The Balaban J connectivity index is 2.04. The van der Waals surface area contributed by atoms with E-state index in [-0.39, 0.29) is 5.54 Å². The van der Waals surface area contributed by atoms with Crippen molar-refractivity contribution in [3.63, 3.8) is 0 Å². The fraction of sp³-hybridized carbons (Fsp3) is 0.700. The van der Waals surface area contributed by atoms with Gasteiger partial charge in [0.1, 0.15) is 0 Å². The predicted molar refractivity (Wildman–Crippen MR) is 52.5 cm³/mol. The Labute approximate surface area is 78.9 Å². The molecule has 0 aliphatic heterocycles. The molecule has 1 aliphatic carbocycles. The van der Waals surface area contributed by atoms with Crippen molar-refractivity contribution < 1.29 is 0 Å². The highest BCUT2D eigenvalue weighted by Gasteiger charge is 2.24. The maximum atomic E-state index is 5.93. The van der Waals surface area contributed by atoms with Gasteiger partial charge in [-0.2, -0.15) is 5.10 Å². The van der Waals surface area contributed by atoms with Crippen molar-refractivity contribution in [2.75, 3.05) is 0 Å². The second-order valence-electron chi connectivity index (χ2n) is 4.73. The van der Waals surface area contributed by atoms with Gasteiger partial charge in [0.05, 0.1) is 12.2 Å². The molecule has 0 atom stereocenters. The second kappa shape index (κ2) is 2.84. The molecular formula is C10H17N3. The maximum absolute atomic E-state index is 5.93. The Kier molecular flexibility index (Phi) is 1.91. The van der Waals surface area contributed by atoms with Crippen LogP contribution in [0.4, 0.5) is 0 Å². The smallest absolute Gasteiger partial charge is 0.0522 e. The van der Waals surface area contributed by atoms with E-state index in [0.29, 0.717) is 6.04 Å². The van der Waals surface area contributed by atoms with E-state index < -0.39 is 0 Å². The Morgan fingerprint density at radius 1 is 1.62 bits per heavy atom. The van der Waals surface area contributed by atoms with Crippen LogP contribution in [0.3, 0.4) is 0 Å². The molecule has 1 heterocycles. The van der Waals surface area contributed by atoms with Gasteiger partial charge in [0.15, 0.2) is 0 Å². The molecule has 1 aromatic rings. The minimum Gasteiger partial charge on any atom is -0.325 e. The Morgan fingerprint density at radius 2 is 2.31 bits per heavy atom. The zero-order chi connectivity index (χ0) is 9.47. The molecule has 13 heavy (non-hydrogen) atoms. The van der Waals surface area contributed by atoms with Crippen LogP contribution in [0.1, 0.15) is 38.3 Å². The summed E-state index contributed by atoms with van der Waals surface area (Å²) in [5, 5.41) is 4.32. The Morgan fingerprint density at radius 3 is 2.85 bits per heavy atom. The third kappa shape index (κ3) is 2.31. The van der Waals surface area contributed by atoms with Gasteiger partial charge in [0, 0.05) is 11.7 Å². The number of aromatic nitrogens is 2. The van der Waals surface area contributed by atoms with Crippen molar-refractivity contribution in [3.05, 3.63) is 18.0 Å². The lowest BCUT2D eigenvalue weighted by Gasteiger charge is -2.16. The van der Waals surface area contributed by atoms with Gasteiger partial charge in [-0.3, -0.25) is 4.68 Å².